The second-order valence-electron chi connectivity index (χ2n) is 10.2. The Balaban J connectivity index is 0.000000298. The summed E-state index contributed by atoms with van der Waals surface area (Å²) in [5.74, 6) is 0. The van der Waals surface area contributed by atoms with Crippen LogP contribution in [0, 0.1) is 0 Å². The van der Waals surface area contributed by atoms with E-state index in [1.807, 2.05) is 69.0 Å². The summed E-state index contributed by atoms with van der Waals surface area (Å²) in [5.41, 5.74) is 14.5. The molecule has 1 atom stereocenters. The molecule has 0 spiro atoms. The SMILES string of the molecule is C=C(N)CCC1CCN(C)c2ccccc2S1.C=Cc1ccc(NC(=C)c2ccccc2/C(=C/C=C\C)CC)cc1.CC. The lowest BCUT2D eigenvalue weighted by atomic mass is 9.95. The summed E-state index contributed by atoms with van der Waals surface area (Å²) in [4.78, 5) is 3.74. The number of thioether (sulfide) groups is 1. The zero-order valence-corrected chi connectivity index (χ0v) is 27.7. The minimum absolute atomic E-state index is 0.654. The van der Waals surface area contributed by atoms with E-state index in [0.29, 0.717) is 5.25 Å². The topological polar surface area (TPSA) is 41.3 Å². The summed E-state index contributed by atoms with van der Waals surface area (Å²) in [5, 5.41) is 4.07. The van der Waals surface area contributed by atoms with Gasteiger partial charge in [-0.3, -0.25) is 0 Å². The van der Waals surface area contributed by atoms with Crippen LogP contribution in [0.15, 0.2) is 121 Å². The number of nitrogens with two attached hydrogens (primary N) is 1. The van der Waals surface area contributed by atoms with Gasteiger partial charge in [0.1, 0.15) is 0 Å². The molecule has 228 valence electrons. The maximum absolute atomic E-state index is 5.66. The zero-order valence-electron chi connectivity index (χ0n) is 26.9. The molecule has 4 heteroatoms. The monoisotopic (exact) mass is 593 g/mol. The molecule has 0 fully saturated rings. The Labute approximate surface area is 266 Å². The minimum atomic E-state index is 0.654. The number of nitrogens with zero attached hydrogens (tertiary/aromatic N) is 1. The number of benzene rings is 3. The lowest BCUT2D eigenvalue weighted by Crippen LogP contribution is -2.19. The van der Waals surface area contributed by atoms with Crippen LogP contribution in [0.4, 0.5) is 11.4 Å². The number of rotatable bonds is 10. The van der Waals surface area contributed by atoms with Crippen LogP contribution in [0.25, 0.3) is 17.3 Å². The number of hydrogen-bond acceptors (Lipinski definition) is 4. The van der Waals surface area contributed by atoms with Crippen molar-refractivity contribution in [1.29, 1.82) is 0 Å². The van der Waals surface area contributed by atoms with E-state index in [4.69, 9.17) is 5.73 Å². The van der Waals surface area contributed by atoms with Gasteiger partial charge >= 0.3 is 0 Å². The predicted octanol–water partition coefficient (Wildman–Crippen LogP) is 11.0. The van der Waals surface area contributed by atoms with Gasteiger partial charge in [-0.15, -0.1) is 11.8 Å². The Morgan fingerprint density at radius 2 is 1.65 bits per heavy atom. The van der Waals surface area contributed by atoms with Crippen molar-refractivity contribution in [2.75, 3.05) is 23.8 Å². The summed E-state index contributed by atoms with van der Waals surface area (Å²) < 4.78 is 0. The molecule has 0 saturated heterocycles. The summed E-state index contributed by atoms with van der Waals surface area (Å²) in [7, 11) is 2.17. The molecule has 1 aliphatic heterocycles. The average molecular weight is 594 g/mol. The Hall–Kier alpha value is -3.89. The number of fused-ring (bicyclic) bond motifs is 1. The largest absolute Gasteiger partial charge is 0.403 e. The van der Waals surface area contributed by atoms with Gasteiger partial charge in [0, 0.05) is 46.4 Å². The second kappa shape index (κ2) is 19.3. The van der Waals surface area contributed by atoms with Gasteiger partial charge in [0.2, 0.25) is 0 Å². The first kappa shape index (κ1) is 35.3. The maximum atomic E-state index is 5.66. The van der Waals surface area contributed by atoms with E-state index < -0.39 is 0 Å². The van der Waals surface area contributed by atoms with E-state index in [9.17, 15) is 0 Å². The number of para-hydroxylation sites is 1. The standard InChI is InChI=1S/C23H25N.C14H20N2S.C2H6/c1-5-8-11-20(7-3)23-13-10-9-12-22(23)18(4)24-21-16-14-19(6-2)15-17-21;1-11(15)7-8-12-9-10-16(2)13-5-3-4-6-14(13)17-12;1-2/h5-6,8-17,24H,2,4,7H2,1,3H3;3-6,12H,1,7-10,15H2,2H3;1-2H3/b8-5-,20-11+;;. The van der Waals surface area contributed by atoms with Crippen molar-refractivity contribution < 1.29 is 0 Å². The first-order chi connectivity index (χ1) is 20.9. The van der Waals surface area contributed by atoms with Crippen molar-refractivity contribution in [3.05, 3.63) is 133 Å². The van der Waals surface area contributed by atoms with Gasteiger partial charge in [-0.2, -0.15) is 0 Å². The van der Waals surface area contributed by atoms with Gasteiger partial charge < -0.3 is 16.0 Å². The van der Waals surface area contributed by atoms with Gasteiger partial charge in [0.25, 0.3) is 0 Å². The highest BCUT2D eigenvalue weighted by Crippen LogP contribution is 2.38. The Kier molecular flexibility index (Phi) is 15.9. The highest BCUT2D eigenvalue weighted by atomic mass is 32.2. The van der Waals surface area contributed by atoms with Crippen LogP contribution in [-0.2, 0) is 0 Å². The van der Waals surface area contributed by atoms with Gasteiger partial charge in [0.05, 0.1) is 5.69 Å². The van der Waals surface area contributed by atoms with Crippen LogP contribution in [0.3, 0.4) is 0 Å². The number of hydrogen-bond donors (Lipinski definition) is 2. The molecular formula is C39H51N3S. The molecule has 0 aromatic heterocycles. The number of nitrogens with one attached hydrogen (secondary N) is 1. The Morgan fingerprint density at radius 1 is 1.00 bits per heavy atom. The van der Waals surface area contributed by atoms with E-state index in [-0.39, 0.29) is 0 Å². The van der Waals surface area contributed by atoms with Crippen molar-refractivity contribution in [2.45, 2.75) is 63.5 Å². The highest BCUT2D eigenvalue weighted by Gasteiger charge is 2.19. The van der Waals surface area contributed by atoms with Crippen LogP contribution in [-0.4, -0.2) is 18.8 Å². The van der Waals surface area contributed by atoms with Crippen LogP contribution in [0.1, 0.15) is 70.1 Å². The number of anilines is 2. The molecule has 1 unspecified atom stereocenters. The van der Waals surface area contributed by atoms with E-state index in [0.717, 1.165) is 54.0 Å². The maximum Gasteiger partial charge on any atom is 0.0501 e. The first-order valence-corrected chi connectivity index (χ1v) is 16.2. The fourth-order valence-electron chi connectivity index (χ4n) is 4.70. The average Bonchev–Trinajstić information content (AvgIpc) is 3.20. The summed E-state index contributed by atoms with van der Waals surface area (Å²) in [6.45, 7) is 21.1. The summed E-state index contributed by atoms with van der Waals surface area (Å²) >= 11 is 1.99. The minimum Gasteiger partial charge on any atom is -0.403 e. The molecule has 43 heavy (non-hydrogen) atoms. The highest BCUT2D eigenvalue weighted by molar-refractivity contribution is 8.00. The molecular weight excluding hydrogens is 543 g/mol. The van der Waals surface area contributed by atoms with Gasteiger partial charge in [0.15, 0.2) is 0 Å². The first-order valence-electron chi connectivity index (χ1n) is 15.4. The van der Waals surface area contributed by atoms with Crippen LogP contribution >= 0.6 is 11.8 Å². The fourth-order valence-corrected chi connectivity index (χ4v) is 6.02. The van der Waals surface area contributed by atoms with Crippen molar-refractivity contribution >= 4 is 40.5 Å². The molecule has 3 aromatic rings. The van der Waals surface area contributed by atoms with Crippen molar-refractivity contribution in [1.82, 2.24) is 0 Å². The predicted molar refractivity (Wildman–Crippen MR) is 197 cm³/mol. The third-order valence-corrected chi connectivity index (χ3v) is 8.46. The third-order valence-electron chi connectivity index (χ3n) is 7.05. The lowest BCUT2D eigenvalue weighted by molar-refractivity contribution is 0.689. The molecule has 3 aromatic carbocycles. The lowest BCUT2D eigenvalue weighted by Gasteiger charge is -2.18. The Morgan fingerprint density at radius 3 is 2.28 bits per heavy atom. The van der Waals surface area contributed by atoms with Crippen molar-refractivity contribution in [2.24, 2.45) is 5.73 Å². The quantitative estimate of drug-likeness (QED) is 0.229. The second-order valence-corrected chi connectivity index (χ2v) is 11.5. The smallest absolute Gasteiger partial charge is 0.0501 e. The zero-order chi connectivity index (χ0) is 31.6. The summed E-state index contributed by atoms with van der Waals surface area (Å²) in [6.07, 6.45) is 12.4. The Bertz CT molecular complexity index is 1370. The summed E-state index contributed by atoms with van der Waals surface area (Å²) in [6, 6.07) is 25.2. The third kappa shape index (κ3) is 11.4. The van der Waals surface area contributed by atoms with E-state index >= 15 is 0 Å². The van der Waals surface area contributed by atoms with Crippen molar-refractivity contribution in [3.63, 3.8) is 0 Å². The fraction of sp³-hybridized carbons (Fsp3) is 0.282. The van der Waals surface area contributed by atoms with E-state index in [1.165, 1.54) is 28.1 Å². The van der Waals surface area contributed by atoms with E-state index in [1.54, 1.807) is 0 Å². The van der Waals surface area contributed by atoms with Gasteiger partial charge in [-0.05, 0) is 73.6 Å². The molecule has 1 heterocycles. The normalized spacial score (nSPS) is 14.3. The van der Waals surface area contributed by atoms with Crippen LogP contribution in [0.2, 0.25) is 0 Å². The molecule has 3 nitrogen and oxygen atoms in total. The van der Waals surface area contributed by atoms with Crippen LogP contribution in [0.5, 0.6) is 0 Å². The molecule has 1 aliphatic rings. The van der Waals surface area contributed by atoms with E-state index in [2.05, 4.69) is 105 Å². The number of allylic oxidation sites excluding steroid dienone is 5. The molecule has 4 rings (SSSR count). The van der Waals surface area contributed by atoms with Crippen molar-refractivity contribution in [3.8, 4) is 0 Å². The molecule has 3 N–H and O–H groups in total. The molecule has 0 radical (unpaired) electrons. The molecule has 0 aliphatic carbocycles. The van der Waals surface area contributed by atoms with Gasteiger partial charge in [-0.25, -0.2) is 0 Å². The molecule has 0 bridgehead atoms. The molecule has 0 saturated carbocycles. The molecule has 0 amide bonds. The van der Waals surface area contributed by atoms with Crippen LogP contribution < -0.4 is 16.0 Å². The van der Waals surface area contributed by atoms with Gasteiger partial charge in [-0.1, -0.05) is 113 Å².